The number of aldehydes is 1. The van der Waals surface area contributed by atoms with Gasteiger partial charge >= 0.3 is 6.18 Å². The third-order valence-electron chi connectivity index (χ3n) is 2.02. The first-order chi connectivity index (χ1) is 8.18. The molecule has 1 amide bonds. The number of benzene rings is 1. The van der Waals surface area contributed by atoms with Crippen LogP contribution in [0.25, 0.3) is 0 Å². The highest BCUT2D eigenvalue weighted by atomic mass is 19.4. The van der Waals surface area contributed by atoms with Gasteiger partial charge < -0.3 is 5.73 Å². The molecule has 0 saturated carbocycles. The first-order valence-electron chi connectivity index (χ1n) is 4.33. The smallest absolute Gasteiger partial charge is 0.365 e. The molecule has 0 spiro atoms. The van der Waals surface area contributed by atoms with Crippen molar-refractivity contribution in [2.45, 2.75) is 6.18 Å². The fourth-order valence-corrected chi connectivity index (χ4v) is 1.34. The van der Waals surface area contributed by atoms with E-state index in [1.165, 1.54) is 0 Å². The number of primary amides is 1. The number of carbonyl (C=O) groups is 2. The number of amides is 1. The zero-order valence-corrected chi connectivity index (χ0v) is 8.52. The van der Waals surface area contributed by atoms with Crippen molar-refractivity contribution >= 4 is 17.9 Å². The van der Waals surface area contributed by atoms with E-state index in [4.69, 9.17) is 5.73 Å². The number of halogens is 3. The molecule has 0 unspecified atom stereocenters. The van der Waals surface area contributed by atoms with Gasteiger partial charge in [0.15, 0.2) is 0 Å². The van der Waals surface area contributed by atoms with Crippen molar-refractivity contribution < 1.29 is 27.7 Å². The Morgan fingerprint density at radius 3 is 2.28 bits per heavy atom. The quantitative estimate of drug-likeness (QED) is 0.506. The van der Waals surface area contributed by atoms with Gasteiger partial charge in [-0.05, 0) is 6.07 Å². The fraction of sp³-hybridized carbons (Fsp3) is 0.111. The number of alkyl halides is 3. The lowest BCUT2D eigenvalue weighted by Gasteiger charge is -2.11. The van der Waals surface area contributed by atoms with Gasteiger partial charge in [-0.1, -0.05) is 0 Å². The maximum atomic E-state index is 12.6. The second-order valence-corrected chi connectivity index (χ2v) is 3.20. The summed E-state index contributed by atoms with van der Waals surface area (Å²) < 4.78 is 37.9. The molecular weight excluding hydrogens is 257 g/mol. The third-order valence-corrected chi connectivity index (χ3v) is 2.02. The lowest BCUT2D eigenvalue weighted by molar-refractivity contribution is -0.385. The molecule has 0 atom stereocenters. The van der Waals surface area contributed by atoms with E-state index in [-0.39, 0.29) is 6.29 Å². The van der Waals surface area contributed by atoms with E-state index in [2.05, 4.69) is 0 Å². The van der Waals surface area contributed by atoms with Crippen LogP contribution < -0.4 is 5.73 Å². The highest BCUT2D eigenvalue weighted by Crippen LogP contribution is 2.36. The second-order valence-electron chi connectivity index (χ2n) is 3.20. The Kier molecular flexibility index (Phi) is 3.35. The van der Waals surface area contributed by atoms with Crippen LogP contribution in [0.1, 0.15) is 26.3 Å². The summed E-state index contributed by atoms with van der Waals surface area (Å²) in [5.41, 5.74) is 0.115. The van der Waals surface area contributed by atoms with E-state index in [0.29, 0.717) is 12.1 Å². The molecule has 96 valence electrons. The Hall–Kier alpha value is -2.45. The molecule has 0 aliphatic rings. The average Bonchev–Trinajstić information content (AvgIpc) is 2.25. The van der Waals surface area contributed by atoms with Crippen LogP contribution in [0.3, 0.4) is 0 Å². The molecule has 0 aromatic heterocycles. The van der Waals surface area contributed by atoms with E-state index in [1.54, 1.807) is 0 Å². The predicted molar refractivity (Wildman–Crippen MR) is 52.0 cm³/mol. The average molecular weight is 262 g/mol. The molecule has 0 aliphatic heterocycles. The van der Waals surface area contributed by atoms with Crippen molar-refractivity contribution in [1.29, 1.82) is 0 Å². The van der Waals surface area contributed by atoms with E-state index in [1.807, 2.05) is 0 Å². The molecule has 18 heavy (non-hydrogen) atoms. The maximum absolute atomic E-state index is 12.6. The number of hydrogen-bond donors (Lipinski definition) is 1. The predicted octanol–water partition coefficient (Wildman–Crippen LogP) is 1.52. The summed E-state index contributed by atoms with van der Waals surface area (Å²) in [6.07, 6.45) is -5.03. The molecule has 1 rings (SSSR count). The Balaban J connectivity index is 3.77. The SMILES string of the molecule is NC(=O)c1c([N+](=O)[O-])cc(C=O)cc1C(F)(F)F. The van der Waals surface area contributed by atoms with Gasteiger partial charge in [0.2, 0.25) is 0 Å². The largest absolute Gasteiger partial charge is 0.417 e. The Morgan fingerprint density at radius 2 is 1.94 bits per heavy atom. The summed E-state index contributed by atoms with van der Waals surface area (Å²) >= 11 is 0. The Morgan fingerprint density at radius 1 is 1.39 bits per heavy atom. The van der Waals surface area contributed by atoms with E-state index in [9.17, 15) is 32.9 Å². The Bertz CT molecular complexity index is 539. The number of hydrogen-bond acceptors (Lipinski definition) is 4. The summed E-state index contributed by atoms with van der Waals surface area (Å²) in [5.74, 6) is -1.59. The van der Waals surface area contributed by atoms with Crippen molar-refractivity contribution in [3.05, 3.63) is 38.9 Å². The summed E-state index contributed by atoms with van der Waals surface area (Å²) in [6.45, 7) is 0. The standard InChI is InChI=1S/C9H5F3N2O4/c10-9(11,12)5-1-4(3-15)2-6(14(17)18)7(5)8(13)16/h1-3H,(H2,13,16). The zero-order valence-electron chi connectivity index (χ0n) is 8.52. The monoisotopic (exact) mass is 262 g/mol. The summed E-state index contributed by atoms with van der Waals surface area (Å²) in [4.78, 5) is 30.7. The number of nitro groups is 1. The van der Waals surface area contributed by atoms with Crippen LogP contribution >= 0.6 is 0 Å². The summed E-state index contributed by atoms with van der Waals surface area (Å²) in [7, 11) is 0. The molecule has 2 N–H and O–H groups in total. The van der Waals surface area contributed by atoms with Crippen LogP contribution in [0.2, 0.25) is 0 Å². The number of nitrogens with two attached hydrogens (primary N) is 1. The van der Waals surface area contributed by atoms with Gasteiger partial charge in [0.05, 0.1) is 10.5 Å². The molecule has 9 heteroatoms. The maximum Gasteiger partial charge on any atom is 0.417 e. The van der Waals surface area contributed by atoms with Gasteiger partial charge in [0.1, 0.15) is 11.8 Å². The van der Waals surface area contributed by atoms with Crippen LogP contribution in [-0.2, 0) is 6.18 Å². The topological polar surface area (TPSA) is 103 Å². The van der Waals surface area contributed by atoms with Gasteiger partial charge in [-0.3, -0.25) is 19.7 Å². The van der Waals surface area contributed by atoms with Crippen LogP contribution in [0.15, 0.2) is 12.1 Å². The molecule has 0 heterocycles. The van der Waals surface area contributed by atoms with Crippen molar-refractivity contribution in [3.63, 3.8) is 0 Å². The summed E-state index contributed by atoms with van der Waals surface area (Å²) in [5, 5.41) is 10.6. The third kappa shape index (κ3) is 2.44. The van der Waals surface area contributed by atoms with Crippen LogP contribution in [-0.4, -0.2) is 17.1 Å². The first kappa shape index (κ1) is 13.6. The molecule has 0 bridgehead atoms. The van der Waals surface area contributed by atoms with Crippen molar-refractivity contribution in [1.82, 2.24) is 0 Å². The summed E-state index contributed by atoms with van der Waals surface area (Å²) in [6, 6.07) is 0.891. The van der Waals surface area contributed by atoms with Crippen molar-refractivity contribution in [2.75, 3.05) is 0 Å². The van der Waals surface area contributed by atoms with Gasteiger partial charge in [-0.25, -0.2) is 0 Å². The number of carbonyl (C=O) groups excluding carboxylic acids is 2. The van der Waals surface area contributed by atoms with Crippen molar-refractivity contribution in [3.8, 4) is 0 Å². The van der Waals surface area contributed by atoms with Gasteiger partial charge in [-0.2, -0.15) is 13.2 Å². The molecule has 1 aromatic rings. The van der Waals surface area contributed by atoms with E-state index < -0.39 is 39.4 Å². The van der Waals surface area contributed by atoms with Crippen LogP contribution in [0, 0.1) is 10.1 Å². The van der Waals surface area contributed by atoms with Crippen molar-refractivity contribution in [2.24, 2.45) is 5.73 Å². The van der Waals surface area contributed by atoms with E-state index in [0.717, 1.165) is 0 Å². The molecule has 0 radical (unpaired) electrons. The molecular formula is C9H5F3N2O4. The number of nitrogens with zero attached hydrogens (tertiary/aromatic N) is 1. The normalized spacial score (nSPS) is 11.1. The molecule has 0 fully saturated rings. The highest BCUT2D eigenvalue weighted by Gasteiger charge is 2.39. The molecule has 1 aromatic carbocycles. The zero-order chi connectivity index (χ0) is 14.1. The lowest BCUT2D eigenvalue weighted by Crippen LogP contribution is -2.21. The Labute approximate surface area is 97.3 Å². The van der Waals surface area contributed by atoms with Gasteiger partial charge in [0, 0.05) is 11.6 Å². The molecule has 6 nitrogen and oxygen atoms in total. The first-order valence-corrected chi connectivity index (χ1v) is 4.33. The van der Waals surface area contributed by atoms with E-state index >= 15 is 0 Å². The van der Waals surface area contributed by atoms with Gasteiger partial charge in [0.25, 0.3) is 11.6 Å². The highest BCUT2D eigenvalue weighted by molar-refractivity contribution is 5.99. The minimum Gasteiger partial charge on any atom is -0.365 e. The lowest BCUT2D eigenvalue weighted by atomic mass is 10.0. The number of rotatable bonds is 3. The number of nitro benzene ring substituents is 1. The van der Waals surface area contributed by atoms with Crippen LogP contribution in [0.5, 0.6) is 0 Å². The second kappa shape index (κ2) is 4.43. The minimum absolute atomic E-state index is 0.00696. The fourth-order valence-electron chi connectivity index (χ4n) is 1.34. The molecule has 0 saturated heterocycles. The van der Waals surface area contributed by atoms with Gasteiger partial charge in [-0.15, -0.1) is 0 Å². The molecule has 0 aliphatic carbocycles. The minimum atomic E-state index is -5.03. The van der Waals surface area contributed by atoms with Crippen LogP contribution in [0.4, 0.5) is 18.9 Å².